The summed E-state index contributed by atoms with van der Waals surface area (Å²) in [6.45, 7) is 5.94. The fourth-order valence-electron chi connectivity index (χ4n) is 3.18. The third kappa shape index (κ3) is 2.08. The molecule has 0 aromatic carbocycles. The van der Waals surface area contributed by atoms with Gasteiger partial charge in [-0.3, -0.25) is 4.79 Å². The lowest BCUT2D eigenvalue weighted by Crippen LogP contribution is -2.43. The summed E-state index contributed by atoms with van der Waals surface area (Å²) in [4.78, 5) is 12.0. The molecular formula is C13H22O4. The van der Waals surface area contributed by atoms with Crippen LogP contribution >= 0.6 is 0 Å². The molecule has 17 heavy (non-hydrogen) atoms. The Bertz CT molecular complexity index is 315. The van der Waals surface area contributed by atoms with Crippen LogP contribution in [0.2, 0.25) is 0 Å². The summed E-state index contributed by atoms with van der Waals surface area (Å²) in [7, 11) is 0. The topological polar surface area (TPSA) is 66.8 Å². The molecule has 0 bridgehead atoms. The molecule has 0 aromatic heterocycles. The smallest absolute Gasteiger partial charge is 0.312 e. The minimum absolute atomic E-state index is 0.186. The molecule has 0 aromatic rings. The van der Waals surface area contributed by atoms with Crippen LogP contribution in [-0.4, -0.2) is 34.0 Å². The van der Waals surface area contributed by atoms with Gasteiger partial charge in [-0.2, -0.15) is 0 Å². The van der Waals surface area contributed by atoms with Crippen molar-refractivity contribution >= 4 is 5.97 Å². The Morgan fingerprint density at radius 1 is 1.29 bits per heavy atom. The highest BCUT2D eigenvalue weighted by Gasteiger charge is 2.57. The van der Waals surface area contributed by atoms with Gasteiger partial charge in [-0.1, -0.05) is 13.8 Å². The van der Waals surface area contributed by atoms with Crippen LogP contribution < -0.4 is 0 Å². The Morgan fingerprint density at radius 3 is 2.24 bits per heavy atom. The molecule has 3 atom stereocenters. The zero-order valence-electron chi connectivity index (χ0n) is 10.8. The molecule has 1 heterocycles. The van der Waals surface area contributed by atoms with Gasteiger partial charge in [0.15, 0.2) is 0 Å². The number of carbonyl (C=O) groups excluding carboxylic acids is 1. The van der Waals surface area contributed by atoms with Gasteiger partial charge in [-0.25, -0.2) is 0 Å². The predicted octanol–water partition coefficient (Wildman–Crippen LogP) is 1.24. The van der Waals surface area contributed by atoms with Gasteiger partial charge < -0.3 is 14.9 Å². The van der Waals surface area contributed by atoms with Crippen LogP contribution in [0, 0.1) is 11.3 Å². The molecule has 2 aliphatic rings. The van der Waals surface area contributed by atoms with E-state index in [1.165, 1.54) is 0 Å². The van der Waals surface area contributed by atoms with Crippen molar-refractivity contribution in [1.29, 1.82) is 0 Å². The van der Waals surface area contributed by atoms with Gasteiger partial charge in [0.1, 0.15) is 5.60 Å². The number of esters is 1. The van der Waals surface area contributed by atoms with Gasteiger partial charge in [0, 0.05) is 19.3 Å². The number of carbonyl (C=O) groups is 1. The number of ether oxygens (including phenoxy) is 1. The second-order valence-corrected chi connectivity index (χ2v) is 6.27. The maximum atomic E-state index is 12.0. The first kappa shape index (κ1) is 12.8. The Morgan fingerprint density at radius 2 is 1.82 bits per heavy atom. The molecule has 2 fully saturated rings. The summed E-state index contributed by atoms with van der Waals surface area (Å²) in [5.41, 5.74) is -1.13. The Labute approximate surface area is 102 Å². The van der Waals surface area contributed by atoms with E-state index in [0.717, 1.165) is 0 Å². The normalized spacial score (nSPS) is 46.6. The Balaban J connectivity index is 2.22. The van der Waals surface area contributed by atoms with E-state index in [1.807, 2.05) is 20.8 Å². The maximum absolute atomic E-state index is 12.0. The van der Waals surface area contributed by atoms with Crippen molar-refractivity contribution < 1.29 is 19.7 Å². The average Bonchev–Trinajstić information content (AvgIpc) is 2.36. The van der Waals surface area contributed by atoms with Crippen molar-refractivity contribution in [2.45, 2.75) is 64.3 Å². The van der Waals surface area contributed by atoms with Crippen molar-refractivity contribution in [2.24, 2.45) is 11.3 Å². The van der Waals surface area contributed by atoms with Crippen LogP contribution in [-0.2, 0) is 9.53 Å². The zero-order chi connectivity index (χ0) is 12.8. The third-order valence-electron chi connectivity index (χ3n) is 4.50. The number of rotatable bonds is 1. The van der Waals surface area contributed by atoms with Crippen LogP contribution in [0.5, 0.6) is 0 Å². The molecule has 4 nitrogen and oxygen atoms in total. The Kier molecular flexibility index (Phi) is 2.99. The zero-order valence-corrected chi connectivity index (χ0v) is 10.8. The van der Waals surface area contributed by atoms with E-state index in [9.17, 15) is 15.0 Å². The lowest BCUT2D eigenvalue weighted by Gasteiger charge is -2.37. The maximum Gasteiger partial charge on any atom is 0.312 e. The van der Waals surface area contributed by atoms with Gasteiger partial charge in [-0.15, -0.1) is 0 Å². The van der Waals surface area contributed by atoms with Crippen LogP contribution in [0.15, 0.2) is 0 Å². The molecule has 1 spiro atoms. The van der Waals surface area contributed by atoms with Crippen molar-refractivity contribution in [2.75, 3.05) is 0 Å². The van der Waals surface area contributed by atoms with Gasteiger partial charge in [0.2, 0.25) is 0 Å². The molecule has 1 aliphatic carbocycles. The number of hydrogen-bond donors (Lipinski definition) is 2. The average molecular weight is 242 g/mol. The van der Waals surface area contributed by atoms with Crippen molar-refractivity contribution in [3.05, 3.63) is 0 Å². The molecule has 0 amide bonds. The third-order valence-corrected chi connectivity index (χ3v) is 4.50. The molecular weight excluding hydrogens is 220 g/mol. The van der Waals surface area contributed by atoms with E-state index in [4.69, 9.17) is 4.74 Å². The number of aliphatic hydroxyl groups excluding tert-OH is 2. The monoisotopic (exact) mass is 242 g/mol. The van der Waals surface area contributed by atoms with E-state index in [-0.39, 0.29) is 11.9 Å². The summed E-state index contributed by atoms with van der Waals surface area (Å²) >= 11 is 0. The second kappa shape index (κ2) is 3.95. The lowest BCUT2D eigenvalue weighted by atomic mass is 9.69. The van der Waals surface area contributed by atoms with Gasteiger partial charge in [-0.05, 0) is 19.3 Å². The fraction of sp³-hybridized carbons (Fsp3) is 0.923. The standard InChI is InChI=1S/C13H22O4/c1-8(2)12(3)7-13(17-11(12)16)5-9(14)4-10(15)6-13/h8-10,14-15H,4-7H2,1-3H3. The largest absolute Gasteiger partial charge is 0.458 e. The van der Waals surface area contributed by atoms with Gasteiger partial charge >= 0.3 is 5.97 Å². The van der Waals surface area contributed by atoms with Crippen molar-refractivity contribution in [3.63, 3.8) is 0 Å². The van der Waals surface area contributed by atoms with E-state index in [0.29, 0.717) is 25.7 Å². The van der Waals surface area contributed by atoms with Gasteiger partial charge in [0.25, 0.3) is 0 Å². The fourth-order valence-corrected chi connectivity index (χ4v) is 3.18. The summed E-state index contributed by atoms with van der Waals surface area (Å²) in [5.74, 6) is 0.0133. The van der Waals surface area contributed by atoms with E-state index < -0.39 is 23.2 Å². The molecule has 2 rings (SSSR count). The summed E-state index contributed by atoms with van der Waals surface area (Å²) < 4.78 is 5.55. The number of aliphatic hydroxyl groups is 2. The number of hydrogen-bond acceptors (Lipinski definition) is 4. The predicted molar refractivity (Wildman–Crippen MR) is 62.2 cm³/mol. The van der Waals surface area contributed by atoms with Crippen LogP contribution in [0.4, 0.5) is 0 Å². The quantitative estimate of drug-likeness (QED) is 0.679. The van der Waals surface area contributed by atoms with E-state index >= 15 is 0 Å². The second-order valence-electron chi connectivity index (χ2n) is 6.27. The van der Waals surface area contributed by atoms with Crippen molar-refractivity contribution in [1.82, 2.24) is 0 Å². The van der Waals surface area contributed by atoms with Crippen LogP contribution in [0.3, 0.4) is 0 Å². The summed E-state index contributed by atoms with van der Waals surface area (Å²) in [6.07, 6.45) is 0.764. The van der Waals surface area contributed by atoms with E-state index in [2.05, 4.69) is 0 Å². The SMILES string of the molecule is CC(C)C1(C)CC2(CC(O)CC(O)C2)OC1=O. The first-order chi connectivity index (χ1) is 7.77. The highest BCUT2D eigenvalue weighted by Crippen LogP contribution is 2.51. The lowest BCUT2D eigenvalue weighted by molar-refractivity contribution is -0.162. The first-order valence-electron chi connectivity index (χ1n) is 6.37. The van der Waals surface area contributed by atoms with Gasteiger partial charge in [0.05, 0.1) is 17.6 Å². The molecule has 1 aliphatic heterocycles. The summed E-state index contributed by atoms with van der Waals surface area (Å²) in [6, 6.07) is 0. The molecule has 0 radical (unpaired) electrons. The Hall–Kier alpha value is -0.610. The molecule has 2 N–H and O–H groups in total. The highest BCUT2D eigenvalue weighted by molar-refractivity contribution is 5.79. The van der Waals surface area contributed by atoms with Crippen LogP contribution in [0.1, 0.15) is 46.5 Å². The molecule has 3 unspecified atom stereocenters. The molecule has 4 heteroatoms. The molecule has 98 valence electrons. The van der Waals surface area contributed by atoms with E-state index in [1.54, 1.807) is 0 Å². The van der Waals surface area contributed by atoms with Crippen molar-refractivity contribution in [3.8, 4) is 0 Å². The summed E-state index contributed by atoms with van der Waals surface area (Å²) in [5, 5.41) is 19.5. The molecule has 1 saturated heterocycles. The minimum Gasteiger partial charge on any atom is -0.458 e. The highest BCUT2D eigenvalue weighted by atomic mass is 16.6. The minimum atomic E-state index is -0.646. The van der Waals surface area contributed by atoms with Crippen LogP contribution in [0.25, 0.3) is 0 Å². The molecule has 1 saturated carbocycles. The first-order valence-corrected chi connectivity index (χ1v) is 6.37.